The van der Waals surface area contributed by atoms with Crippen molar-refractivity contribution in [1.29, 1.82) is 0 Å². The van der Waals surface area contributed by atoms with Crippen LogP contribution in [0.5, 0.6) is 0 Å². The van der Waals surface area contributed by atoms with Crippen molar-refractivity contribution >= 4 is 28.6 Å². The monoisotopic (exact) mass is 498 g/mol. The van der Waals surface area contributed by atoms with E-state index < -0.39 is 5.91 Å². The minimum absolute atomic E-state index is 0.174. The number of nitro benzene ring substituents is 1. The molecule has 8 heteroatoms. The molecule has 0 bridgehead atoms. The third-order valence-electron chi connectivity index (χ3n) is 6.42. The number of nitrogens with zero attached hydrogens (tertiary/aromatic N) is 1. The molecule has 1 heterocycles. The number of aromatic nitrogens is 1. The van der Waals surface area contributed by atoms with Crippen LogP contribution in [0.2, 0.25) is 0 Å². The molecule has 1 amide bonds. The van der Waals surface area contributed by atoms with Gasteiger partial charge in [-0.2, -0.15) is 0 Å². The number of fused-ring (bicyclic) bond motifs is 1. The predicted octanol–water partition coefficient (Wildman–Crippen LogP) is 5.02. The number of hydroxylamine groups is 1. The first-order valence-electron chi connectivity index (χ1n) is 12.2. The van der Waals surface area contributed by atoms with Crippen LogP contribution in [0.3, 0.4) is 0 Å². The zero-order valence-electron chi connectivity index (χ0n) is 20.7. The number of nitrogens with one attached hydrogen (secondary N) is 3. The van der Waals surface area contributed by atoms with Gasteiger partial charge >= 0.3 is 0 Å². The Bertz CT molecular complexity index is 1420. The van der Waals surface area contributed by atoms with Gasteiger partial charge in [0.2, 0.25) is 0 Å². The minimum atomic E-state index is -0.562. The molecular weight excluding hydrogens is 468 g/mol. The van der Waals surface area contributed by atoms with Gasteiger partial charge in [-0.25, -0.2) is 5.48 Å². The molecule has 190 valence electrons. The van der Waals surface area contributed by atoms with Crippen molar-refractivity contribution in [2.24, 2.45) is 0 Å². The van der Waals surface area contributed by atoms with E-state index in [1.807, 2.05) is 36.4 Å². The van der Waals surface area contributed by atoms with E-state index in [4.69, 9.17) is 5.21 Å². The third kappa shape index (κ3) is 6.91. The second kappa shape index (κ2) is 12.1. The Balaban J connectivity index is 1.31. The fourth-order valence-corrected chi connectivity index (χ4v) is 4.30. The summed E-state index contributed by atoms with van der Waals surface area (Å²) >= 11 is 0. The highest BCUT2D eigenvalue weighted by atomic mass is 16.6. The zero-order valence-corrected chi connectivity index (χ0v) is 20.7. The van der Waals surface area contributed by atoms with Gasteiger partial charge in [0.1, 0.15) is 0 Å². The first kappa shape index (κ1) is 25.8. The van der Waals surface area contributed by atoms with Gasteiger partial charge < -0.3 is 10.3 Å². The van der Waals surface area contributed by atoms with Crippen LogP contribution < -0.4 is 10.8 Å². The Hall–Kier alpha value is -4.27. The number of benzene rings is 3. The molecule has 0 unspecified atom stereocenters. The number of nitro groups is 1. The molecule has 0 saturated heterocycles. The van der Waals surface area contributed by atoms with Crippen molar-refractivity contribution in [1.82, 2.24) is 15.8 Å². The Morgan fingerprint density at radius 3 is 2.43 bits per heavy atom. The van der Waals surface area contributed by atoms with Gasteiger partial charge in [-0.3, -0.25) is 20.1 Å². The smallest absolute Gasteiger partial charge is 0.272 e. The Morgan fingerprint density at radius 2 is 1.70 bits per heavy atom. The SMILES string of the molecule is Cc1ccc(CCc2ccc3[nH]cc(CCNCc4ccc(/C=C/C(=O)NO)cc4)c3c2)cc1[N+](=O)[O-]. The lowest BCUT2D eigenvalue weighted by molar-refractivity contribution is -0.385. The number of rotatable bonds is 11. The second-order valence-electron chi connectivity index (χ2n) is 9.05. The average molecular weight is 499 g/mol. The van der Waals surface area contributed by atoms with Crippen molar-refractivity contribution in [3.8, 4) is 0 Å². The lowest BCUT2D eigenvalue weighted by Gasteiger charge is -2.07. The fourth-order valence-electron chi connectivity index (χ4n) is 4.30. The highest BCUT2D eigenvalue weighted by Crippen LogP contribution is 2.23. The topological polar surface area (TPSA) is 120 Å². The molecule has 0 saturated carbocycles. The summed E-state index contributed by atoms with van der Waals surface area (Å²) in [5, 5.41) is 24.5. The molecule has 3 aromatic carbocycles. The van der Waals surface area contributed by atoms with Crippen molar-refractivity contribution in [3.63, 3.8) is 0 Å². The molecule has 0 aliphatic rings. The fraction of sp³-hybridized carbons (Fsp3) is 0.207. The van der Waals surface area contributed by atoms with E-state index >= 15 is 0 Å². The summed E-state index contributed by atoms with van der Waals surface area (Å²) < 4.78 is 0. The second-order valence-corrected chi connectivity index (χ2v) is 9.05. The molecule has 4 rings (SSSR count). The van der Waals surface area contributed by atoms with Crippen molar-refractivity contribution in [2.75, 3.05) is 6.54 Å². The summed E-state index contributed by atoms with van der Waals surface area (Å²) in [6.07, 6.45) is 7.41. The summed E-state index contributed by atoms with van der Waals surface area (Å²) in [4.78, 5) is 25.3. The van der Waals surface area contributed by atoms with Gasteiger partial charge in [-0.1, -0.05) is 42.5 Å². The molecular formula is C29H30N4O4. The molecule has 4 aromatic rings. The molecule has 1 aromatic heterocycles. The van der Waals surface area contributed by atoms with Crippen LogP contribution in [0.1, 0.15) is 33.4 Å². The van der Waals surface area contributed by atoms with Crippen LogP contribution in [0.4, 0.5) is 5.69 Å². The summed E-state index contributed by atoms with van der Waals surface area (Å²) in [5.74, 6) is -0.562. The Kier molecular flexibility index (Phi) is 8.45. The molecule has 37 heavy (non-hydrogen) atoms. The molecule has 0 radical (unpaired) electrons. The van der Waals surface area contributed by atoms with E-state index in [0.29, 0.717) is 5.56 Å². The van der Waals surface area contributed by atoms with Crippen LogP contribution in [0, 0.1) is 17.0 Å². The van der Waals surface area contributed by atoms with Gasteiger partial charge in [-0.15, -0.1) is 0 Å². The molecule has 8 nitrogen and oxygen atoms in total. The van der Waals surface area contributed by atoms with Crippen LogP contribution in [-0.2, 0) is 30.6 Å². The third-order valence-corrected chi connectivity index (χ3v) is 6.42. The predicted molar refractivity (Wildman–Crippen MR) is 144 cm³/mol. The van der Waals surface area contributed by atoms with Gasteiger partial charge in [0.15, 0.2) is 0 Å². The van der Waals surface area contributed by atoms with E-state index in [1.165, 1.54) is 22.6 Å². The van der Waals surface area contributed by atoms with E-state index in [9.17, 15) is 14.9 Å². The van der Waals surface area contributed by atoms with E-state index in [-0.39, 0.29) is 10.6 Å². The number of hydrogen-bond acceptors (Lipinski definition) is 5. The Morgan fingerprint density at radius 1 is 1.00 bits per heavy atom. The average Bonchev–Trinajstić information content (AvgIpc) is 3.31. The highest BCUT2D eigenvalue weighted by Gasteiger charge is 2.11. The zero-order chi connectivity index (χ0) is 26.2. The summed E-state index contributed by atoms with van der Waals surface area (Å²) in [6.45, 7) is 3.32. The van der Waals surface area contributed by atoms with Gasteiger partial charge in [0.25, 0.3) is 11.6 Å². The number of amides is 1. The maximum absolute atomic E-state index is 11.2. The van der Waals surface area contributed by atoms with Gasteiger partial charge in [0, 0.05) is 41.4 Å². The van der Waals surface area contributed by atoms with Gasteiger partial charge in [0.05, 0.1) is 4.92 Å². The molecule has 0 spiro atoms. The highest BCUT2D eigenvalue weighted by molar-refractivity contribution is 5.90. The minimum Gasteiger partial charge on any atom is -0.361 e. The van der Waals surface area contributed by atoms with Crippen molar-refractivity contribution < 1.29 is 14.9 Å². The first-order valence-corrected chi connectivity index (χ1v) is 12.2. The maximum atomic E-state index is 11.2. The van der Waals surface area contributed by atoms with Crippen LogP contribution in [0.25, 0.3) is 17.0 Å². The standard InChI is InChI=1S/C29H30N4O4/c1-20-2-3-23(17-28(20)33(36)37)7-6-22-10-12-27-26(16-22)25(19-31-27)14-15-30-18-24-8-4-21(5-9-24)11-13-29(34)32-35/h2-5,8-13,16-17,19,30-31,35H,6-7,14-15,18H2,1H3,(H,32,34)/b13-11+. The van der Waals surface area contributed by atoms with E-state index in [2.05, 4.69) is 34.7 Å². The summed E-state index contributed by atoms with van der Waals surface area (Å²) in [7, 11) is 0. The number of hydrogen-bond donors (Lipinski definition) is 4. The first-order chi connectivity index (χ1) is 17.9. The van der Waals surface area contributed by atoms with Crippen molar-refractivity contribution in [2.45, 2.75) is 32.7 Å². The maximum Gasteiger partial charge on any atom is 0.272 e. The summed E-state index contributed by atoms with van der Waals surface area (Å²) in [5.41, 5.74) is 8.96. The van der Waals surface area contributed by atoms with E-state index in [1.54, 1.807) is 24.5 Å². The van der Waals surface area contributed by atoms with Gasteiger partial charge in [-0.05, 0) is 78.8 Å². The molecule has 4 N–H and O–H groups in total. The Labute approximate surface area is 215 Å². The molecule has 0 fully saturated rings. The normalized spacial score (nSPS) is 11.3. The molecule has 0 aliphatic heterocycles. The summed E-state index contributed by atoms with van der Waals surface area (Å²) in [6, 6.07) is 19.7. The number of carbonyl (C=O) groups is 1. The number of aryl methyl sites for hydroxylation is 3. The molecule has 0 aliphatic carbocycles. The largest absolute Gasteiger partial charge is 0.361 e. The quantitative estimate of drug-likeness (QED) is 0.0761. The van der Waals surface area contributed by atoms with E-state index in [0.717, 1.165) is 54.6 Å². The van der Waals surface area contributed by atoms with Crippen molar-refractivity contribution in [3.05, 3.63) is 116 Å². The van der Waals surface area contributed by atoms with Crippen LogP contribution >= 0.6 is 0 Å². The lowest BCUT2D eigenvalue weighted by Crippen LogP contribution is -2.16. The molecule has 0 atom stereocenters. The lowest BCUT2D eigenvalue weighted by atomic mass is 10.0. The van der Waals surface area contributed by atoms with Crippen LogP contribution in [0.15, 0.2) is 72.9 Å². The number of aromatic amines is 1. The van der Waals surface area contributed by atoms with Crippen LogP contribution in [-0.4, -0.2) is 27.6 Å². The number of carbonyl (C=O) groups excluding carboxylic acids is 1. The number of H-pyrrole nitrogens is 1.